The van der Waals surface area contributed by atoms with E-state index in [-0.39, 0.29) is 16.4 Å². The van der Waals surface area contributed by atoms with Crippen molar-refractivity contribution in [3.8, 4) is 11.4 Å². The third-order valence-electron chi connectivity index (χ3n) is 3.18. The van der Waals surface area contributed by atoms with Crippen LogP contribution in [-0.4, -0.2) is 31.3 Å². The van der Waals surface area contributed by atoms with Crippen molar-refractivity contribution >= 4 is 17.6 Å². The van der Waals surface area contributed by atoms with Crippen LogP contribution in [0.25, 0.3) is 11.4 Å². The molecule has 0 bridgehead atoms. The molecule has 2 aromatic rings. The van der Waals surface area contributed by atoms with Crippen LogP contribution in [0.3, 0.4) is 0 Å². The molecule has 0 amide bonds. The van der Waals surface area contributed by atoms with Crippen molar-refractivity contribution in [1.29, 1.82) is 0 Å². The number of carboxylic acids is 1. The second kappa shape index (κ2) is 5.54. The lowest BCUT2D eigenvalue weighted by Crippen LogP contribution is -2.23. The van der Waals surface area contributed by atoms with Crippen LogP contribution in [0, 0.1) is 11.7 Å². The summed E-state index contributed by atoms with van der Waals surface area (Å²) in [4.78, 5) is 11.0. The molecule has 0 aliphatic carbocycles. The summed E-state index contributed by atoms with van der Waals surface area (Å²) in [6.45, 7) is 3.19. The van der Waals surface area contributed by atoms with E-state index in [0.29, 0.717) is 0 Å². The van der Waals surface area contributed by atoms with Crippen molar-refractivity contribution in [3.05, 3.63) is 29.0 Å². The van der Waals surface area contributed by atoms with Gasteiger partial charge < -0.3 is 5.11 Å². The van der Waals surface area contributed by atoms with Gasteiger partial charge in [0, 0.05) is 0 Å². The molecule has 0 aliphatic rings. The zero-order valence-corrected chi connectivity index (χ0v) is 11.5. The molecule has 0 aliphatic heterocycles. The highest BCUT2D eigenvalue weighted by atomic mass is 35.5. The zero-order chi connectivity index (χ0) is 14.9. The fourth-order valence-electron chi connectivity index (χ4n) is 1.74. The lowest BCUT2D eigenvalue weighted by atomic mass is 10.0. The predicted octanol–water partition coefficient (Wildman–Crippen LogP) is 2.41. The molecule has 0 radical (unpaired) electrons. The van der Waals surface area contributed by atoms with Crippen LogP contribution in [0.2, 0.25) is 5.02 Å². The Morgan fingerprint density at radius 2 is 2.15 bits per heavy atom. The van der Waals surface area contributed by atoms with Crippen LogP contribution >= 0.6 is 11.6 Å². The van der Waals surface area contributed by atoms with Gasteiger partial charge in [0.1, 0.15) is 0 Å². The summed E-state index contributed by atoms with van der Waals surface area (Å²) in [5.41, 5.74) is 0.131. The number of benzene rings is 1. The van der Waals surface area contributed by atoms with E-state index >= 15 is 0 Å². The fourth-order valence-corrected chi connectivity index (χ4v) is 1.91. The molecular formula is C12H12ClFN4O2. The van der Waals surface area contributed by atoms with Gasteiger partial charge in [-0.3, -0.25) is 4.79 Å². The van der Waals surface area contributed by atoms with E-state index in [0.717, 1.165) is 0 Å². The van der Waals surface area contributed by atoms with E-state index in [4.69, 9.17) is 16.7 Å². The Balaban J connectivity index is 2.48. The maximum atomic E-state index is 14.0. The molecule has 106 valence electrons. The van der Waals surface area contributed by atoms with Gasteiger partial charge in [-0.05, 0) is 36.4 Å². The Kier molecular flexibility index (Phi) is 3.99. The van der Waals surface area contributed by atoms with Crippen molar-refractivity contribution in [2.24, 2.45) is 5.92 Å². The molecule has 0 fully saturated rings. The second-order valence-corrected chi connectivity index (χ2v) is 4.82. The van der Waals surface area contributed by atoms with E-state index < -0.39 is 23.7 Å². The van der Waals surface area contributed by atoms with E-state index in [1.807, 2.05) is 0 Å². The summed E-state index contributed by atoms with van der Waals surface area (Å²) < 4.78 is 15.3. The molecule has 6 nitrogen and oxygen atoms in total. The third kappa shape index (κ3) is 2.49. The Morgan fingerprint density at radius 3 is 2.80 bits per heavy atom. The van der Waals surface area contributed by atoms with Gasteiger partial charge in [-0.1, -0.05) is 17.7 Å². The highest BCUT2D eigenvalue weighted by Gasteiger charge is 2.26. The van der Waals surface area contributed by atoms with Crippen molar-refractivity contribution in [2.45, 2.75) is 19.9 Å². The minimum absolute atomic E-state index is 0.0454. The van der Waals surface area contributed by atoms with E-state index in [1.165, 1.54) is 23.7 Å². The van der Waals surface area contributed by atoms with Gasteiger partial charge in [0.25, 0.3) is 0 Å². The summed E-state index contributed by atoms with van der Waals surface area (Å²) in [5, 5.41) is 20.0. The molecule has 1 aromatic heterocycles. The Labute approximate surface area is 119 Å². The number of hydrogen-bond acceptors (Lipinski definition) is 4. The molecule has 8 heteroatoms. The molecule has 20 heavy (non-hydrogen) atoms. The first-order valence-electron chi connectivity index (χ1n) is 5.88. The number of hydrogen-bond donors (Lipinski definition) is 1. The van der Waals surface area contributed by atoms with Crippen LogP contribution in [-0.2, 0) is 4.79 Å². The molecule has 2 rings (SSSR count). The number of carboxylic acid groups (broad SMARTS) is 1. The first kappa shape index (κ1) is 14.4. The number of nitrogens with zero attached hydrogens (tertiary/aromatic N) is 4. The lowest BCUT2D eigenvalue weighted by Gasteiger charge is -2.17. The topological polar surface area (TPSA) is 80.9 Å². The highest BCUT2D eigenvalue weighted by molar-refractivity contribution is 6.31. The molecule has 0 saturated carbocycles. The Bertz CT molecular complexity index is 646. The van der Waals surface area contributed by atoms with Crippen LogP contribution in [0.4, 0.5) is 4.39 Å². The molecule has 1 N–H and O–H groups in total. The van der Waals surface area contributed by atoms with Crippen molar-refractivity contribution in [1.82, 2.24) is 20.2 Å². The maximum Gasteiger partial charge on any atom is 0.308 e. The smallest absolute Gasteiger partial charge is 0.308 e. The lowest BCUT2D eigenvalue weighted by molar-refractivity contribution is -0.142. The SMILES string of the molecule is CC(C(=O)O)C(C)n1nnnc1-c1cccc(Cl)c1F. The summed E-state index contributed by atoms with van der Waals surface area (Å²) >= 11 is 5.73. The summed E-state index contributed by atoms with van der Waals surface area (Å²) in [7, 11) is 0. The van der Waals surface area contributed by atoms with Crippen molar-refractivity contribution < 1.29 is 14.3 Å². The summed E-state index contributed by atoms with van der Waals surface area (Å²) in [6.07, 6.45) is 0. The normalized spacial score (nSPS) is 14.0. The minimum atomic E-state index is -0.981. The Morgan fingerprint density at radius 1 is 1.45 bits per heavy atom. The predicted molar refractivity (Wildman–Crippen MR) is 69.7 cm³/mol. The summed E-state index contributed by atoms with van der Waals surface area (Å²) in [5.74, 6) is -2.20. The average Bonchev–Trinajstić information content (AvgIpc) is 2.89. The van der Waals surface area contributed by atoms with Gasteiger partial charge in [0.2, 0.25) is 0 Å². The van der Waals surface area contributed by atoms with Gasteiger partial charge in [-0.2, -0.15) is 0 Å². The summed E-state index contributed by atoms with van der Waals surface area (Å²) in [6, 6.07) is 3.95. The van der Waals surface area contributed by atoms with Gasteiger partial charge in [0.05, 0.1) is 22.5 Å². The van der Waals surface area contributed by atoms with Crippen molar-refractivity contribution in [2.75, 3.05) is 0 Å². The quantitative estimate of drug-likeness (QED) is 0.937. The third-order valence-corrected chi connectivity index (χ3v) is 3.48. The van der Waals surface area contributed by atoms with Crippen LogP contribution in [0.1, 0.15) is 19.9 Å². The number of carbonyl (C=O) groups is 1. The molecule has 0 spiro atoms. The van der Waals surface area contributed by atoms with E-state index in [2.05, 4.69) is 15.5 Å². The van der Waals surface area contributed by atoms with Gasteiger partial charge in [-0.15, -0.1) is 5.10 Å². The minimum Gasteiger partial charge on any atom is -0.481 e. The standard InChI is InChI=1S/C12H12ClFN4O2/c1-6(12(19)20)7(2)18-11(15-16-17-18)8-4-3-5-9(13)10(8)14/h3-7H,1-2H3,(H,19,20). The number of tetrazole rings is 1. The maximum absolute atomic E-state index is 14.0. The molecular weight excluding hydrogens is 287 g/mol. The molecule has 0 saturated heterocycles. The number of aromatic nitrogens is 4. The molecule has 2 atom stereocenters. The highest BCUT2D eigenvalue weighted by Crippen LogP contribution is 2.28. The largest absolute Gasteiger partial charge is 0.481 e. The molecule has 1 heterocycles. The number of rotatable bonds is 4. The van der Waals surface area contributed by atoms with Gasteiger partial charge in [0.15, 0.2) is 11.6 Å². The Hall–Kier alpha value is -2.02. The van der Waals surface area contributed by atoms with Gasteiger partial charge >= 0.3 is 5.97 Å². The van der Waals surface area contributed by atoms with E-state index in [1.54, 1.807) is 13.0 Å². The average molecular weight is 299 g/mol. The monoisotopic (exact) mass is 298 g/mol. The fraction of sp³-hybridized carbons (Fsp3) is 0.333. The second-order valence-electron chi connectivity index (χ2n) is 4.42. The zero-order valence-electron chi connectivity index (χ0n) is 10.8. The molecule has 1 aromatic carbocycles. The van der Waals surface area contributed by atoms with E-state index in [9.17, 15) is 9.18 Å². The number of aliphatic carboxylic acids is 1. The van der Waals surface area contributed by atoms with Crippen LogP contribution in [0.5, 0.6) is 0 Å². The van der Waals surface area contributed by atoms with Gasteiger partial charge in [-0.25, -0.2) is 9.07 Å². The number of halogens is 2. The first-order valence-corrected chi connectivity index (χ1v) is 6.26. The molecule has 2 unspecified atom stereocenters. The van der Waals surface area contributed by atoms with Crippen LogP contribution < -0.4 is 0 Å². The van der Waals surface area contributed by atoms with Crippen molar-refractivity contribution in [3.63, 3.8) is 0 Å². The van der Waals surface area contributed by atoms with Crippen LogP contribution in [0.15, 0.2) is 18.2 Å². The first-order chi connectivity index (χ1) is 9.43.